The van der Waals surface area contributed by atoms with Gasteiger partial charge in [0, 0.05) is 23.4 Å². The zero-order valence-corrected chi connectivity index (χ0v) is 13.3. The second-order valence-corrected chi connectivity index (χ2v) is 6.15. The fourth-order valence-electron chi connectivity index (χ4n) is 3.79. The number of hydrogen-bond donors (Lipinski definition) is 0. The van der Waals surface area contributed by atoms with Crippen LogP contribution in [0.2, 0.25) is 0 Å². The predicted octanol–water partition coefficient (Wildman–Crippen LogP) is 2.96. The molecule has 0 spiro atoms. The molecular formula is C20H11N3O2. The van der Waals surface area contributed by atoms with Gasteiger partial charge in [-0.15, -0.1) is 0 Å². The van der Waals surface area contributed by atoms with Gasteiger partial charge in [-0.05, 0) is 18.2 Å². The van der Waals surface area contributed by atoms with E-state index in [2.05, 4.69) is 10.5 Å². The molecule has 1 aliphatic heterocycles. The Morgan fingerprint density at radius 1 is 0.880 bits per heavy atom. The molecule has 3 aromatic heterocycles. The van der Waals surface area contributed by atoms with Crippen LogP contribution in [0.4, 0.5) is 0 Å². The van der Waals surface area contributed by atoms with Crippen LogP contribution in [0.15, 0.2) is 54.1 Å². The molecule has 118 valence electrons. The lowest BCUT2D eigenvalue weighted by Crippen LogP contribution is -2.26. The molecule has 25 heavy (non-hydrogen) atoms. The van der Waals surface area contributed by atoms with Crippen LogP contribution in [0.1, 0.15) is 5.56 Å². The van der Waals surface area contributed by atoms with Crippen LogP contribution in [0.25, 0.3) is 32.9 Å². The summed E-state index contributed by atoms with van der Waals surface area (Å²) in [5.41, 5.74) is 3.56. The Hall–Kier alpha value is -3.65. The maximum absolute atomic E-state index is 12.6. The fourth-order valence-corrected chi connectivity index (χ4v) is 3.79. The number of rotatable bonds is 1. The van der Waals surface area contributed by atoms with Crippen molar-refractivity contribution in [2.45, 2.75) is 0 Å². The Morgan fingerprint density at radius 3 is 2.28 bits per heavy atom. The van der Waals surface area contributed by atoms with E-state index >= 15 is 0 Å². The van der Waals surface area contributed by atoms with E-state index in [1.165, 1.54) is 7.05 Å². The van der Waals surface area contributed by atoms with Crippen LogP contribution in [-0.2, 0) is 9.59 Å². The molecule has 4 aromatic rings. The van der Waals surface area contributed by atoms with Gasteiger partial charge < -0.3 is 4.40 Å². The Bertz CT molecular complexity index is 1300. The Morgan fingerprint density at radius 2 is 1.56 bits per heavy atom. The van der Waals surface area contributed by atoms with Gasteiger partial charge in [0.15, 0.2) is 0 Å². The standard InChI is InChI=1S/C20H11N3O2/c1-22-19(24)14(10-21)18(20(22)25)13-9-17-12-6-3-2-5-11(12)15-7-4-8-16(13)23(15)17/h2-9H,1H3. The highest BCUT2D eigenvalue weighted by atomic mass is 16.2. The summed E-state index contributed by atoms with van der Waals surface area (Å²) in [6.45, 7) is 0. The summed E-state index contributed by atoms with van der Waals surface area (Å²) in [4.78, 5) is 25.7. The molecule has 1 aromatic carbocycles. The molecule has 0 unspecified atom stereocenters. The minimum absolute atomic E-state index is 0.0918. The first-order valence-electron chi connectivity index (χ1n) is 7.85. The number of amides is 2. The minimum Gasteiger partial charge on any atom is -0.309 e. The number of carbonyl (C=O) groups is 2. The van der Waals surface area contributed by atoms with Crippen molar-refractivity contribution in [2.24, 2.45) is 0 Å². The summed E-state index contributed by atoms with van der Waals surface area (Å²) in [7, 11) is 1.40. The van der Waals surface area contributed by atoms with Crippen molar-refractivity contribution in [3.05, 3.63) is 59.7 Å². The van der Waals surface area contributed by atoms with Crippen LogP contribution in [-0.4, -0.2) is 28.2 Å². The van der Waals surface area contributed by atoms with Crippen molar-refractivity contribution in [2.75, 3.05) is 7.05 Å². The second-order valence-electron chi connectivity index (χ2n) is 6.15. The fraction of sp³-hybridized carbons (Fsp3) is 0.0500. The minimum atomic E-state index is -0.544. The zero-order valence-electron chi connectivity index (χ0n) is 13.3. The van der Waals surface area contributed by atoms with Gasteiger partial charge in [0.25, 0.3) is 11.8 Å². The van der Waals surface area contributed by atoms with E-state index in [0.717, 1.165) is 32.2 Å². The van der Waals surface area contributed by atoms with Crippen LogP contribution < -0.4 is 0 Å². The van der Waals surface area contributed by atoms with Gasteiger partial charge in [-0.3, -0.25) is 14.5 Å². The third kappa shape index (κ3) is 1.51. The monoisotopic (exact) mass is 325 g/mol. The first-order valence-corrected chi connectivity index (χ1v) is 7.85. The van der Waals surface area contributed by atoms with E-state index in [9.17, 15) is 14.9 Å². The number of carbonyl (C=O) groups excluding carboxylic acids is 2. The topological polar surface area (TPSA) is 65.6 Å². The van der Waals surface area contributed by atoms with E-state index in [1.54, 1.807) is 0 Å². The van der Waals surface area contributed by atoms with Crippen molar-refractivity contribution in [3.8, 4) is 6.07 Å². The summed E-state index contributed by atoms with van der Waals surface area (Å²) in [6, 6.07) is 17.7. The third-order valence-corrected chi connectivity index (χ3v) is 4.94. The summed E-state index contributed by atoms with van der Waals surface area (Å²) >= 11 is 0. The molecule has 0 fully saturated rings. The Balaban J connectivity index is 1.96. The highest BCUT2D eigenvalue weighted by Gasteiger charge is 2.38. The predicted molar refractivity (Wildman–Crippen MR) is 93.9 cm³/mol. The molecule has 0 N–H and O–H groups in total. The first kappa shape index (κ1) is 13.8. The average molecular weight is 325 g/mol. The lowest BCUT2D eigenvalue weighted by atomic mass is 10.0. The van der Waals surface area contributed by atoms with Crippen LogP contribution in [0.3, 0.4) is 0 Å². The van der Waals surface area contributed by atoms with Crippen LogP contribution >= 0.6 is 0 Å². The number of benzene rings is 1. The van der Waals surface area contributed by atoms with E-state index in [4.69, 9.17) is 0 Å². The maximum Gasteiger partial charge on any atom is 0.271 e. The third-order valence-electron chi connectivity index (χ3n) is 4.94. The smallest absolute Gasteiger partial charge is 0.271 e. The highest BCUT2D eigenvalue weighted by molar-refractivity contribution is 6.38. The van der Waals surface area contributed by atoms with Gasteiger partial charge in [-0.2, -0.15) is 5.26 Å². The van der Waals surface area contributed by atoms with Gasteiger partial charge in [0.2, 0.25) is 0 Å². The molecule has 0 aliphatic carbocycles. The van der Waals surface area contributed by atoms with Gasteiger partial charge in [0.05, 0.1) is 22.1 Å². The number of likely N-dealkylation sites (N-methyl/N-ethyl adjacent to an activating group) is 1. The molecule has 4 heterocycles. The first-order chi connectivity index (χ1) is 12.1. The number of pyridine rings is 1. The van der Waals surface area contributed by atoms with Crippen molar-refractivity contribution < 1.29 is 9.59 Å². The van der Waals surface area contributed by atoms with Crippen molar-refractivity contribution in [3.63, 3.8) is 0 Å². The molecule has 5 nitrogen and oxygen atoms in total. The highest BCUT2D eigenvalue weighted by Crippen LogP contribution is 2.38. The number of imide groups is 1. The molecule has 0 atom stereocenters. The normalized spacial score (nSPS) is 15.3. The Kier molecular flexibility index (Phi) is 2.45. The van der Waals surface area contributed by atoms with E-state index < -0.39 is 11.8 Å². The summed E-state index contributed by atoms with van der Waals surface area (Å²) in [6.07, 6.45) is 0. The summed E-state index contributed by atoms with van der Waals surface area (Å²) < 4.78 is 2.08. The van der Waals surface area contributed by atoms with Gasteiger partial charge in [0.1, 0.15) is 11.6 Å². The molecular weight excluding hydrogens is 314 g/mol. The van der Waals surface area contributed by atoms with Crippen molar-refractivity contribution in [1.29, 1.82) is 5.26 Å². The molecule has 0 saturated heterocycles. The van der Waals surface area contributed by atoms with E-state index in [0.29, 0.717) is 5.56 Å². The van der Waals surface area contributed by atoms with E-state index in [-0.39, 0.29) is 11.1 Å². The molecule has 0 radical (unpaired) electrons. The molecule has 0 saturated carbocycles. The molecule has 0 bridgehead atoms. The Labute approximate surface area is 142 Å². The molecule has 5 heteroatoms. The SMILES string of the molecule is CN1C(=O)C(C#N)=C(c2cc3c4ccccc4c4cccc2n43)C1=O. The lowest BCUT2D eigenvalue weighted by molar-refractivity contribution is -0.135. The van der Waals surface area contributed by atoms with Crippen LogP contribution in [0.5, 0.6) is 0 Å². The van der Waals surface area contributed by atoms with Gasteiger partial charge in [-0.1, -0.05) is 30.3 Å². The molecule has 2 amide bonds. The zero-order chi connectivity index (χ0) is 17.3. The second kappa shape index (κ2) is 4.46. The van der Waals surface area contributed by atoms with Gasteiger partial charge in [-0.25, -0.2) is 0 Å². The summed E-state index contributed by atoms with van der Waals surface area (Å²) in [5.74, 6) is -0.975. The number of fused-ring (bicyclic) bond motifs is 3. The average Bonchev–Trinajstić information content (AvgIpc) is 3.24. The number of aromatic nitrogens is 1. The molecule has 5 rings (SSSR count). The van der Waals surface area contributed by atoms with Crippen molar-refractivity contribution in [1.82, 2.24) is 9.30 Å². The maximum atomic E-state index is 12.6. The number of hydrogen-bond acceptors (Lipinski definition) is 3. The summed E-state index contributed by atoms with van der Waals surface area (Å²) in [5, 5.41) is 11.6. The largest absolute Gasteiger partial charge is 0.309 e. The quantitative estimate of drug-likeness (QED) is 0.505. The lowest BCUT2D eigenvalue weighted by Gasteiger charge is -2.06. The van der Waals surface area contributed by atoms with E-state index in [1.807, 2.05) is 48.5 Å². The van der Waals surface area contributed by atoms with Crippen molar-refractivity contribution >= 4 is 44.7 Å². The number of nitrogens with zero attached hydrogens (tertiary/aromatic N) is 3. The van der Waals surface area contributed by atoms with Gasteiger partial charge >= 0.3 is 0 Å². The molecule has 1 aliphatic rings. The number of nitriles is 1. The van der Waals surface area contributed by atoms with Crippen LogP contribution in [0, 0.1) is 11.3 Å².